The van der Waals surface area contributed by atoms with Gasteiger partial charge in [-0.2, -0.15) is 0 Å². The Hall–Kier alpha value is -2.69. The quantitative estimate of drug-likeness (QED) is 0.381. The number of esters is 1. The van der Waals surface area contributed by atoms with Crippen molar-refractivity contribution in [3.63, 3.8) is 0 Å². The summed E-state index contributed by atoms with van der Waals surface area (Å²) in [6.07, 6.45) is 2.94. The third-order valence-electron chi connectivity index (χ3n) is 5.53. The van der Waals surface area contributed by atoms with E-state index in [1.54, 1.807) is 12.1 Å². The van der Waals surface area contributed by atoms with Crippen LogP contribution in [0.3, 0.4) is 0 Å². The van der Waals surface area contributed by atoms with Gasteiger partial charge in [-0.15, -0.1) is 0 Å². The molecule has 0 saturated heterocycles. The van der Waals surface area contributed by atoms with Gasteiger partial charge in [0.2, 0.25) is 0 Å². The van der Waals surface area contributed by atoms with Crippen LogP contribution in [-0.4, -0.2) is 35.8 Å². The molecule has 0 spiro atoms. The van der Waals surface area contributed by atoms with Crippen molar-refractivity contribution in [3.8, 4) is 0 Å². The Morgan fingerprint density at radius 2 is 1.54 bits per heavy atom. The van der Waals surface area contributed by atoms with Crippen molar-refractivity contribution in [3.05, 3.63) is 47.5 Å². The summed E-state index contributed by atoms with van der Waals surface area (Å²) in [5, 5.41) is 1.92. The van der Waals surface area contributed by atoms with E-state index in [4.69, 9.17) is 4.74 Å². The topological polar surface area (TPSA) is 63.7 Å². The number of ether oxygens (including phenoxy) is 1. The van der Waals surface area contributed by atoms with E-state index in [1.165, 1.54) is 4.90 Å². The molecule has 1 aliphatic rings. The van der Waals surface area contributed by atoms with Crippen molar-refractivity contribution < 1.29 is 19.1 Å². The maximum atomic E-state index is 12.6. The maximum Gasteiger partial charge on any atom is 0.311 e. The molecule has 0 radical (unpaired) electrons. The smallest absolute Gasteiger partial charge is 0.311 e. The Kier molecular flexibility index (Phi) is 5.82. The molecular weight excluding hydrogens is 354 g/mol. The molecule has 0 aliphatic carbocycles. The molecule has 2 aromatic carbocycles. The van der Waals surface area contributed by atoms with Gasteiger partial charge in [0, 0.05) is 6.54 Å². The van der Waals surface area contributed by atoms with Crippen LogP contribution in [0.4, 0.5) is 0 Å². The Morgan fingerprint density at radius 3 is 2.07 bits per heavy atom. The summed E-state index contributed by atoms with van der Waals surface area (Å²) in [6.45, 7) is 6.47. The van der Waals surface area contributed by atoms with Crippen LogP contribution in [0, 0.1) is 5.41 Å². The second kappa shape index (κ2) is 8.13. The summed E-state index contributed by atoms with van der Waals surface area (Å²) < 4.78 is 5.32. The number of nitrogens with zero attached hydrogens (tertiary/aromatic N) is 1. The Morgan fingerprint density at radius 1 is 0.964 bits per heavy atom. The first-order valence-corrected chi connectivity index (χ1v) is 9.91. The standard InChI is InChI=1S/C23H27NO4/c1-4-23(2,3)22(27)28-13-9-5-8-12-24-20(25)18-14-16-10-6-7-11-17(16)15-19(18)21(24)26/h6-7,10-11,14-15H,4-5,8-9,12-13H2,1-3H3. The van der Waals surface area contributed by atoms with Crippen LogP contribution in [0.15, 0.2) is 36.4 Å². The van der Waals surface area contributed by atoms with Gasteiger partial charge in [0.1, 0.15) is 0 Å². The lowest BCUT2D eigenvalue weighted by Crippen LogP contribution is -2.30. The fraction of sp³-hybridized carbons (Fsp3) is 0.435. The van der Waals surface area contributed by atoms with Crippen LogP contribution in [0.2, 0.25) is 0 Å². The molecule has 0 aromatic heterocycles. The number of fused-ring (bicyclic) bond motifs is 2. The van der Waals surface area contributed by atoms with Crippen LogP contribution in [0.25, 0.3) is 10.8 Å². The molecule has 2 aromatic rings. The first-order valence-electron chi connectivity index (χ1n) is 9.91. The van der Waals surface area contributed by atoms with Gasteiger partial charge in [-0.3, -0.25) is 19.3 Å². The summed E-state index contributed by atoms with van der Waals surface area (Å²) in [5.41, 5.74) is 0.517. The number of rotatable bonds is 8. The van der Waals surface area contributed by atoms with Crippen molar-refractivity contribution >= 4 is 28.6 Å². The first-order chi connectivity index (χ1) is 13.3. The van der Waals surface area contributed by atoms with Gasteiger partial charge in [-0.1, -0.05) is 31.2 Å². The third kappa shape index (κ3) is 3.93. The molecule has 0 fully saturated rings. The number of imide groups is 1. The van der Waals surface area contributed by atoms with Gasteiger partial charge < -0.3 is 4.74 Å². The van der Waals surface area contributed by atoms with Gasteiger partial charge in [0.05, 0.1) is 23.1 Å². The van der Waals surface area contributed by atoms with Crippen molar-refractivity contribution in [2.45, 2.75) is 46.5 Å². The van der Waals surface area contributed by atoms with E-state index < -0.39 is 5.41 Å². The highest BCUT2D eigenvalue weighted by atomic mass is 16.5. The van der Waals surface area contributed by atoms with Gasteiger partial charge in [-0.25, -0.2) is 0 Å². The molecule has 0 saturated carbocycles. The predicted molar refractivity (Wildman–Crippen MR) is 108 cm³/mol. The van der Waals surface area contributed by atoms with Crippen molar-refractivity contribution in [1.82, 2.24) is 4.90 Å². The highest BCUT2D eigenvalue weighted by molar-refractivity contribution is 6.23. The lowest BCUT2D eigenvalue weighted by atomic mass is 9.91. The minimum Gasteiger partial charge on any atom is -0.465 e. The van der Waals surface area contributed by atoms with Gasteiger partial charge in [-0.05, 0) is 62.4 Å². The normalized spacial score (nSPS) is 13.9. The molecule has 0 bridgehead atoms. The number of hydrogen-bond acceptors (Lipinski definition) is 4. The Labute approximate surface area is 165 Å². The number of benzene rings is 2. The summed E-state index contributed by atoms with van der Waals surface area (Å²) in [4.78, 5) is 38.5. The average Bonchev–Trinajstić information content (AvgIpc) is 2.92. The third-order valence-corrected chi connectivity index (χ3v) is 5.53. The lowest BCUT2D eigenvalue weighted by Gasteiger charge is -2.20. The molecule has 1 heterocycles. The van der Waals surface area contributed by atoms with Crippen LogP contribution in [0.5, 0.6) is 0 Å². The highest BCUT2D eigenvalue weighted by Crippen LogP contribution is 2.28. The molecule has 148 valence electrons. The van der Waals surface area contributed by atoms with E-state index in [2.05, 4.69) is 0 Å². The molecule has 2 amide bonds. The second-order valence-electron chi connectivity index (χ2n) is 7.94. The lowest BCUT2D eigenvalue weighted by molar-refractivity contribution is -0.154. The molecule has 1 aliphatic heterocycles. The summed E-state index contributed by atoms with van der Waals surface area (Å²) in [5.74, 6) is -0.619. The zero-order valence-corrected chi connectivity index (χ0v) is 16.8. The molecule has 0 atom stereocenters. The molecular formula is C23H27NO4. The average molecular weight is 381 g/mol. The first kappa shape index (κ1) is 20.1. The maximum absolute atomic E-state index is 12.6. The van der Waals surface area contributed by atoms with Gasteiger partial charge >= 0.3 is 5.97 Å². The minimum absolute atomic E-state index is 0.178. The summed E-state index contributed by atoms with van der Waals surface area (Å²) in [7, 11) is 0. The molecule has 5 nitrogen and oxygen atoms in total. The fourth-order valence-corrected chi connectivity index (χ4v) is 3.23. The van der Waals surface area contributed by atoms with Crippen LogP contribution in [0.1, 0.15) is 67.2 Å². The SMILES string of the molecule is CCC(C)(C)C(=O)OCCCCCN1C(=O)c2cc3ccccc3cc2C1=O. The van der Waals surface area contributed by atoms with Crippen LogP contribution in [-0.2, 0) is 9.53 Å². The summed E-state index contributed by atoms with van der Waals surface area (Å²) in [6, 6.07) is 11.3. The highest BCUT2D eigenvalue weighted by Gasteiger charge is 2.35. The van der Waals surface area contributed by atoms with Crippen molar-refractivity contribution in [1.29, 1.82) is 0 Å². The molecule has 0 unspecified atom stereocenters. The second-order valence-corrected chi connectivity index (χ2v) is 7.94. The predicted octanol–water partition coefficient (Wildman–Crippen LogP) is 4.59. The zero-order chi connectivity index (χ0) is 20.3. The number of amides is 2. The minimum atomic E-state index is -0.455. The van der Waals surface area contributed by atoms with E-state index in [9.17, 15) is 14.4 Å². The van der Waals surface area contributed by atoms with E-state index in [0.29, 0.717) is 30.7 Å². The zero-order valence-electron chi connectivity index (χ0n) is 16.8. The number of carbonyl (C=O) groups is 3. The molecule has 3 rings (SSSR count). The van der Waals surface area contributed by atoms with Crippen molar-refractivity contribution in [2.24, 2.45) is 5.41 Å². The van der Waals surface area contributed by atoms with Crippen LogP contribution < -0.4 is 0 Å². The Balaban J connectivity index is 1.50. The van der Waals surface area contributed by atoms with Crippen LogP contribution >= 0.6 is 0 Å². The number of carbonyl (C=O) groups excluding carboxylic acids is 3. The van der Waals surface area contributed by atoms with Crippen molar-refractivity contribution in [2.75, 3.05) is 13.2 Å². The summed E-state index contributed by atoms with van der Waals surface area (Å²) >= 11 is 0. The number of hydrogen-bond donors (Lipinski definition) is 0. The molecule has 28 heavy (non-hydrogen) atoms. The monoisotopic (exact) mass is 381 g/mol. The van der Waals surface area contributed by atoms with E-state index >= 15 is 0 Å². The van der Waals surface area contributed by atoms with Gasteiger partial charge in [0.25, 0.3) is 11.8 Å². The number of unbranched alkanes of at least 4 members (excludes halogenated alkanes) is 2. The largest absolute Gasteiger partial charge is 0.465 e. The molecule has 0 N–H and O–H groups in total. The van der Waals surface area contributed by atoms with E-state index in [1.807, 2.05) is 45.0 Å². The fourth-order valence-electron chi connectivity index (χ4n) is 3.23. The Bertz CT molecular complexity index is 861. The van der Waals surface area contributed by atoms with E-state index in [0.717, 1.165) is 30.0 Å². The molecule has 5 heteroatoms. The van der Waals surface area contributed by atoms with E-state index in [-0.39, 0.29) is 17.8 Å². The van der Waals surface area contributed by atoms with Gasteiger partial charge in [0.15, 0.2) is 0 Å².